The number of nitrogens with zero attached hydrogens (tertiary/aromatic N) is 2. The van der Waals surface area contributed by atoms with E-state index in [4.69, 9.17) is 6.42 Å². The molecule has 142 valence electrons. The third-order valence-electron chi connectivity index (χ3n) is 5.31. The molecule has 6 nitrogen and oxygen atoms in total. The molecule has 6 heteroatoms. The van der Waals surface area contributed by atoms with Gasteiger partial charge in [0, 0.05) is 36.0 Å². The summed E-state index contributed by atoms with van der Waals surface area (Å²) in [4.78, 5) is 31.3. The van der Waals surface area contributed by atoms with Crippen LogP contribution in [0, 0.1) is 12.3 Å². The molecule has 0 aliphatic carbocycles. The molecule has 2 N–H and O–H groups in total. The van der Waals surface area contributed by atoms with Crippen LogP contribution in [0.3, 0.4) is 0 Å². The zero-order valence-corrected chi connectivity index (χ0v) is 15.6. The summed E-state index contributed by atoms with van der Waals surface area (Å²) in [5, 5.41) is 5.68. The van der Waals surface area contributed by atoms with Crippen LogP contribution in [0.5, 0.6) is 0 Å². The highest BCUT2D eigenvalue weighted by molar-refractivity contribution is 6.05. The molecule has 2 aliphatic rings. The number of carbonyl (C=O) groups is 2. The fraction of sp³-hybridized carbons (Fsp3) is 0.318. The van der Waals surface area contributed by atoms with Gasteiger partial charge in [0.25, 0.3) is 5.91 Å². The number of benzene rings is 1. The van der Waals surface area contributed by atoms with E-state index < -0.39 is 0 Å². The predicted octanol–water partition coefficient (Wildman–Crippen LogP) is 3.97. The normalized spacial score (nSPS) is 17.5. The molecule has 2 aromatic rings. The maximum Gasteiger partial charge on any atom is 0.324 e. The van der Waals surface area contributed by atoms with Crippen molar-refractivity contribution in [3.63, 3.8) is 0 Å². The average molecular weight is 374 g/mol. The van der Waals surface area contributed by atoms with Gasteiger partial charge in [-0.25, -0.2) is 9.78 Å². The lowest BCUT2D eigenvalue weighted by Crippen LogP contribution is -2.32. The molecule has 0 bridgehead atoms. The highest BCUT2D eigenvalue weighted by Crippen LogP contribution is 2.43. The van der Waals surface area contributed by atoms with Crippen molar-refractivity contribution < 1.29 is 9.59 Å². The minimum atomic E-state index is -0.378. The van der Waals surface area contributed by atoms with Crippen LogP contribution in [0.2, 0.25) is 0 Å². The van der Waals surface area contributed by atoms with Gasteiger partial charge in [-0.3, -0.25) is 10.1 Å². The number of hydrogen-bond acceptors (Lipinski definition) is 3. The number of anilines is 2. The molecule has 3 heterocycles. The van der Waals surface area contributed by atoms with Gasteiger partial charge in [-0.1, -0.05) is 6.07 Å². The first-order chi connectivity index (χ1) is 13.7. The van der Waals surface area contributed by atoms with E-state index in [0.29, 0.717) is 23.5 Å². The number of piperidine rings is 1. The molecule has 0 spiro atoms. The second-order valence-corrected chi connectivity index (χ2v) is 7.11. The van der Waals surface area contributed by atoms with E-state index in [2.05, 4.69) is 21.5 Å². The number of hydrogen-bond donors (Lipinski definition) is 2. The molecule has 1 saturated heterocycles. The maximum atomic E-state index is 12.7. The number of rotatable bonds is 4. The predicted molar refractivity (Wildman–Crippen MR) is 108 cm³/mol. The second kappa shape index (κ2) is 7.73. The van der Waals surface area contributed by atoms with Crippen LogP contribution in [-0.4, -0.2) is 28.4 Å². The van der Waals surface area contributed by atoms with Crippen LogP contribution in [0.25, 0.3) is 0 Å². The Hall–Kier alpha value is -3.33. The van der Waals surface area contributed by atoms with Crippen molar-refractivity contribution in [3.05, 3.63) is 53.2 Å². The Labute approximate surface area is 164 Å². The molecule has 1 fully saturated rings. The van der Waals surface area contributed by atoms with Crippen LogP contribution in [0.4, 0.5) is 16.3 Å². The quantitative estimate of drug-likeness (QED) is 0.795. The summed E-state index contributed by atoms with van der Waals surface area (Å²) in [6.07, 6.45) is 11.4. The van der Waals surface area contributed by atoms with E-state index in [1.165, 1.54) is 0 Å². The van der Waals surface area contributed by atoms with Gasteiger partial charge in [0.15, 0.2) is 0 Å². The summed E-state index contributed by atoms with van der Waals surface area (Å²) in [5.41, 5.74) is 3.32. The van der Waals surface area contributed by atoms with E-state index in [1.54, 1.807) is 6.20 Å². The Bertz CT molecular complexity index is 963. The van der Waals surface area contributed by atoms with Crippen molar-refractivity contribution in [2.24, 2.45) is 0 Å². The zero-order valence-electron chi connectivity index (χ0n) is 15.6. The lowest BCUT2D eigenvalue weighted by Gasteiger charge is -2.30. The third-order valence-corrected chi connectivity index (χ3v) is 5.31. The van der Waals surface area contributed by atoms with Crippen molar-refractivity contribution in [2.45, 2.75) is 38.1 Å². The Kier molecular flexibility index (Phi) is 4.98. The molecule has 28 heavy (non-hydrogen) atoms. The number of terminal acetylenes is 1. The number of nitrogens with one attached hydrogen (secondary N) is 2. The van der Waals surface area contributed by atoms with Gasteiger partial charge in [-0.05, 0) is 55.5 Å². The average Bonchev–Trinajstić information content (AvgIpc) is 3.00. The summed E-state index contributed by atoms with van der Waals surface area (Å²) in [7, 11) is 0. The molecule has 3 amide bonds. The Balaban J connectivity index is 1.51. The first kappa shape index (κ1) is 18.1. The Morgan fingerprint density at radius 2 is 2.18 bits per heavy atom. The van der Waals surface area contributed by atoms with Crippen LogP contribution in [-0.2, 0) is 6.42 Å². The van der Waals surface area contributed by atoms with Gasteiger partial charge >= 0.3 is 6.03 Å². The smallest absolute Gasteiger partial charge is 0.324 e. The second-order valence-electron chi connectivity index (χ2n) is 7.11. The van der Waals surface area contributed by atoms with Crippen molar-refractivity contribution >= 4 is 23.4 Å². The summed E-state index contributed by atoms with van der Waals surface area (Å²) >= 11 is 0. The Morgan fingerprint density at radius 1 is 1.29 bits per heavy atom. The molecular formula is C22H22N4O2. The fourth-order valence-electron chi connectivity index (χ4n) is 4.03. The van der Waals surface area contributed by atoms with E-state index in [9.17, 15) is 9.59 Å². The standard InChI is InChI=1S/C22H22N4O2/c1-2-3-7-15-11-12-23-19(14-15)25-22(28)24-17-9-6-8-16-20(17)18-10-4-5-13-26(18)21(16)27/h1,6,8-9,11-12,14,18H,3-5,7,10,13H2,(H2,23,24,25,28). The van der Waals surface area contributed by atoms with Crippen LogP contribution < -0.4 is 10.6 Å². The minimum Gasteiger partial charge on any atom is -0.331 e. The number of urea groups is 1. The monoisotopic (exact) mass is 374 g/mol. The first-order valence-electron chi connectivity index (χ1n) is 9.57. The molecule has 0 radical (unpaired) electrons. The molecule has 1 unspecified atom stereocenters. The van der Waals surface area contributed by atoms with Crippen LogP contribution in [0.1, 0.15) is 53.2 Å². The van der Waals surface area contributed by atoms with E-state index in [0.717, 1.165) is 43.4 Å². The lowest BCUT2D eigenvalue weighted by atomic mass is 9.96. The number of carbonyl (C=O) groups excluding carboxylic acids is 2. The summed E-state index contributed by atoms with van der Waals surface area (Å²) in [6, 6.07) is 8.88. The fourth-order valence-corrected chi connectivity index (χ4v) is 4.03. The van der Waals surface area contributed by atoms with Crippen molar-refractivity contribution in [3.8, 4) is 12.3 Å². The molecule has 1 aromatic carbocycles. The highest BCUT2D eigenvalue weighted by Gasteiger charge is 2.39. The van der Waals surface area contributed by atoms with Crippen molar-refractivity contribution in [1.29, 1.82) is 0 Å². The van der Waals surface area contributed by atoms with Crippen molar-refractivity contribution in [1.82, 2.24) is 9.88 Å². The number of amides is 3. The number of pyridine rings is 1. The van der Waals surface area contributed by atoms with Crippen LogP contribution in [0.15, 0.2) is 36.5 Å². The van der Waals surface area contributed by atoms with E-state index >= 15 is 0 Å². The summed E-state index contributed by atoms with van der Waals surface area (Å²) in [5.74, 6) is 3.14. The summed E-state index contributed by atoms with van der Waals surface area (Å²) in [6.45, 7) is 0.776. The highest BCUT2D eigenvalue weighted by atomic mass is 16.2. The molecule has 1 atom stereocenters. The number of fused-ring (bicyclic) bond motifs is 3. The molecule has 1 aromatic heterocycles. The molecular weight excluding hydrogens is 352 g/mol. The van der Waals surface area contributed by atoms with Gasteiger partial charge in [-0.15, -0.1) is 12.3 Å². The van der Waals surface area contributed by atoms with Gasteiger partial charge in [0.1, 0.15) is 5.82 Å². The molecule has 4 rings (SSSR count). The SMILES string of the molecule is C#CCCc1ccnc(NC(=O)Nc2cccc3c2C2CCCCN2C3=O)c1. The van der Waals surface area contributed by atoms with E-state index in [1.807, 2.05) is 35.2 Å². The van der Waals surface area contributed by atoms with Gasteiger partial charge < -0.3 is 10.2 Å². The van der Waals surface area contributed by atoms with Gasteiger partial charge in [0.2, 0.25) is 0 Å². The largest absolute Gasteiger partial charge is 0.331 e. The van der Waals surface area contributed by atoms with Gasteiger partial charge in [-0.2, -0.15) is 0 Å². The molecule has 0 saturated carbocycles. The maximum absolute atomic E-state index is 12.7. The zero-order chi connectivity index (χ0) is 19.5. The van der Waals surface area contributed by atoms with Gasteiger partial charge in [0.05, 0.1) is 6.04 Å². The topological polar surface area (TPSA) is 74.3 Å². The summed E-state index contributed by atoms with van der Waals surface area (Å²) < 4.78 is 0. The Morgan fingerprint density at radius 3 is 3.04 bits per heavy atom. The van der Waals surface area contributed by atoms with Crippen LogP contribution >= 0.6 is 0 Å². The molecule has 2 aliphatic heterocycles. The number of aryl methyl sites for hydroxylation is 1. The third kappa shape index (κ3) is 3.44. The van der Waals surface area contributed by atoms with Crippen molar-refractivity contribution in [2.75, 3.05) is 17.2 Å². The minimum absolute atomic E-state index is 0.0537. The number of aromatic nitrogens is 1. The first-order valence-corrected chi connectivity index (χ1v) is 9.57. The van der Waals surface area contributed by atoms with E-state index in [-0.39, 0.29) is 18.0 Å². The lowest BCUT2D eigenvalue weighted by molar-refractivity contribution is 0.0672.